The summed E-state index contributed by atoms with van der Waals surface area (Å²) in [4.78, 5) is 11.7. The van der Waals surface area contributed by atoms with Crippen LogP contribution < -0.4 is 5.32 Å². The molecule has 1 N–H and O–H groups in total. The van der Waals surface area contributed by atoms with Crippen molar-refractivity contribution in [3.63, 3.8) is 0 Å². The Morgan fingerprint density at radius 2 is 1.88 bits per heavy atom. The van der Waals surface area contributed by atoms with Gasteiger partial charge in [-0.2, -0.15) is 0 Å². The maximum absolute atomic E-state index is 11.7. The van der Waals surface area contributed by atoms with Gasteiger partial charge in [0.1, 0.15) is 5.78 Å². The number of hydrogen-bond donors (Lipinski definition) is 1. The van der Waals surface area contributed by atoms with Gasteiger partial charge < -0.3 is 5.32 Å². The standard InChI is InChI=1S/C15H29NO/c1-6-7-8-9-10-11-12-15(5,14(4)17)16-13(2)3/h6,13,16H,1,7-12H2,2-5H3/t15-/m0/s1. The minimum Gasteiger partial charge on any atom is -0.303 e. The molecule has 0 fully saturated rings. The Morgan fingerprint density at radius 1 is 1.29 bits per heavy atom. The molecule has 0 bridgehead atoms. The molecule has 0 aliphatic carbocycles. The lowest BCUT2D eigenvalue weighted by Gasteiger charge is -2.30. The SMILES string of the molecule is C=CCCCCCC[C@](C)(NC(C)C)C(C)=O. The molecule has 2 nitrogen and oxygen atoms in total. The van der Waals surface area contributed by atoms with Gasteiger partial charge in [0.05, 0.1) is 5.54 Å². The van der Waals surface area contributed by atoms with E-state index in [4.69, 9.17) is 0 Å². The van der Waals surface area contributed by atoms with Crippen LogP contribution in [0.4, 0.5) is 0 Å². The van der Waals surface area contributed by atoms with Gasteiger partial charge in [-0.1, -0.05) is 25.3 Å². The molecular formula is C15H29NO. The fraction of sp³-hybridized carbons (Fsp3) is 0.800. The number of hydrogen-bond acceptors (Lipinski definition) is 2. The second-order valence-electron chi connectivity index (χ2n) is 5.43. The number of unbranched alkanes of at least 4 members (excludes halogenated alkanes) is 4. The van der Waals surface area contributed by atoms with Crippen LogP contribution in [0.15, 0.2) is 12.7 Å². The monoisotopic (exact) mass is 239 g/mol. The van der Waals surface area contributed by atoms with E-state index in [1.807, 2.05) is 13.0 Å². The van der Waals surface area contributed by atoms with Gasteiger partial charge in [-0.15, -0.1) is 6.58 Å². The Labute approximate surface area is 107 Å². The highest BCUT2D eigenvalue weighted by Gasteiger charge is 2.29. The summed E-state index contributed by atoms with van der Waals surface area (Å²) < 4.78 is 0. The van der Waals surface area contributed by atoms with Gasteiger partial charge in [-0.25, -0.2) is 0 Å². The molecule has 0 aliphatic heterocycles. The largest absolute Gasteiger partial charge is 0.303 e. The molecule has 100 valence electrons. The number of carbonyl (C=O) groups excluding carboxylic acids is 1. The molecule has 0 heterocycles. The molecule has 0 saturated carbocycles. The first-order valence-electron chi connectivity index (χ1n) is 6.82. The quantitative estimate of drug-likeness (QED) is 0.463. The van der Waals surface area contributed by atoms with Gasteiger partial charge in [0.25, 0.3) is 0 Å². The van der Waals surface area contributed by atoms with E-state index >= 15 is 0 Å². The van der Waals surface area contributed by atoms with Crippen molar-refractivity contribution in [1.82, 2.24) is 5.32 Å². The van der Waals surface area contributed by atoms with Crippen molar-refractivity contribution in [3.05, 3.63) is 12.7 Å². The predicted molar refractivity (Wildman–Crippen MR) is 75.3 cm³/mol. The molecule has 0 aliphatic rings. The third-order valence-electron chi connectivity index (χ3n) is 3.22. The molecule has 2 heteroatoms. The number of allylic oxidation sites excluding steroid dienone is 1. The Balaban J connectivity index is 3.93. The molecule has 0 unspecified atom stereocenters. The van der Waals surface area contributed by atoms with E-state index < -0.39 is 0 Å². The summed E-state index contributed by atoms with van der Waals surface area (Å²) in [7, 11) is 0. The number of rotatable bonds is 10. The van der Waals surface area contributed by atoms with Crippen molar-refractivity contribution in [3.8, 4) is 0 Å². The van der Waals surface area contributed by atoms with E-state index in [2.05, 4.69) is 25.7 Å². The first-order valence-corrected chi connectivity index (χ1v) is 6.82. The lowest BCUT2D eigenvalue weighted by atomic mass is 9.89. The maximum Gasteiger partial charge on any atom is 0.149 e. The van der Waals surface area contributed by atoms with Gasteiger partial charge in [0, 0.05) is 6.04 Å². The summed E-state index contributed by atoms with van der Waals surface area (Å²) in [5.41, 5.74) is -0.341. The van der Waals surface area contributed by atoms with Crippen LogP contribution in [-0.4, -0.2) is 17.4 Å². The van der Waals surface area contributed by atoms with E-state index in [1.54, 1.807) is 6.92 Å². The minimum atomic E-state index is -0.341. The fourth-order valence-corrected chi connectivity index (χ4v) is 2.11. The van der Waals surface area contributed by atoms with E-state index in [0.29, 0.717) is 6.04 Å². The van der Waals surface area contributed by atoms with Crippen molar-refractivity contribution in [1.29, 1.82) is 0 Å². The number of ketones is 1. The summed E-state index contributed by atoms with van der Waals surface area (Å²) >= 11 is 0. The average Bonchev–Trinajstić information content (AvgIpc) is 2.22. The summed E-state index contributed by atoms with van der Waals surface area (Å²) in [6.45, 7) is 11.6. The zero-order valence-corrected chi connectivity index (χ0v) is 12.0. The van der Waals surface area contributed by atoms with E-state index in [0.717, 1.165) is 19.3 Å². The average molecular weight is 239 g/mol. The molecule has 0 rings (SSSR count). The topological polar surface area (TPSA) is 29.1 Å². The van der Waals surface area contributed by atoms with E-state index in [9.17, 15) is 4.79 Å². The second-order valence-corrected chi connectivity index (χ2v) is 5.43. The Morgan fingerprint density at radius 3 is 2.35 bits per heavy atom. The Bertz CT molecular complexity index is 235. The fourth-order valence-electron chi connectivity index (χ4n) is 2.11. The number of Topliss-reactive ketones (excluding diaryl/α,β-unsaturated/α-hetero) is 1. The predicted octanol–water partition coefficient (Wildman–Crippen LogP) is 3.86. The van der Waals surface area contributed by atoms with E-state index in [-0.39, 0.29) is 11.3 Å². The minimum absolute atomic E-state index is 0.247. The lowest BCUT2D eigenvalue weighted by molar-refractivity contribution is -0.123. The van der Waals surface area contributed by atoms with Crippen LogP contribution >= 0.6 is 0 Å². The van der Waals surface area contributed by atoms with Gasteiger partial charge in [0.15, 0.2) is 0 Å². The van der Waals surface area contributed by atoms with Crippen molar-refractivity contribution < 1.29 is 4.79 Å². The van der Waals surface area contributed by atoms with Gasteiger partial charge in [-0.3, -0.25) is 4.79 Å². The molecule has 0 radical (unpaired) electrons. The third kappa shape index (κ3) is 7.32. The number of nitrogens with one attached hydrogen (secondary N) is 1. The number of carbonyl (C=O) groups is 1. The zero-order chi connectivity index (χ0) is 13.3. The highest BCUT2D eigenvalue weighted by molar-refractivity contribution is 5.85. The molecule has 0 aromatic rings. The van der Waals surface area contributed by atoms with Crippen LogP contribution in [0.3, 0.4) is 0 Å². The summed E-state index contributed by atoms with van der Waals surface area (Å²) in [6.07, 6.45) is 8.80. The molecule has 0 aromatic carbocycles. The molecule has 0 amide bonds. The van der Waals surface area contributed by atoms with Crippen molar-refractivity contribution >= 4 is 5.78 Å². The highest BCUT2D eigenvalue weighted by atomic mass is 16.1. The Hall–Kier alpha value is -0.630. The highest BCUT2D eigenvalue weighted by Crippen LogP contribution is 2.18. The lowest BCUT2D eigenvalue weighted by Crippen LogP contribution is -2.51. The second kappa shape index (κ2) is 8.46. The van der Waals surface area contributed by atoms with Crippen molar-refractivity contribution in [2.24, 2.45) is 0 Å². The van der Waals surface area contributed by atoms with Gasteiger partial charge in [-0.05, 0) is 47.0 Å². The smallest absolute Gasteiger partial charge is 0.149 e. The first-order chi connectivity index (χ1) is 7.92. The summed E-state index contributed by atoms with van der Waals surface area (Å²) in [6, 6.07) is 0.352. The van der Waals surface area contributed by atoms with Crippen LogP contribution in [0, 0.1) is 0 Å². The van der Waals surface area contributed by atoms with Crippen LogP contribution in [-0.2, 0) is 4.79 Å². The van der Waals surface area contributed by atoms with E-state index in [1.165, 1.54) is 19.3 Å². The van der Waals surface area contributed by atoms with Crippen molar-refractivity contribution in [2.45, 2.75) is 77.8 Å². The third-order valence-corrected chi connectivity index (χ3v) is 3.22. The summed E-state index contributed by atoms with van der Waals surface area (Å²) in [5.74, 6) is 0.247. The molecule has 1 atom stereocenters. The van der Waals surface area contributed by atoms with Crippen LogP contribution in [0.1, 0.15) is 66.2 Å². The van der Waals surface area contributed by atoms with Crippen LogP contribution in [0.2, 0.25) is 0 Å². The Kier molecular flexibility index (Phi) is 8.15. The van der Waals surface area contributed by atoms with Gasteiger partial charge >= 0.3 is 0 Å². The maximum atomic E-state index is 11.7. The molecular weight excluding hydrogens is 210 g/mol. The van der Waals surface area contributed by atoms with Crippen LogP contribution in [0.5, 0.6) is 0 Å². The summed E-state index contributed by atoms with van der Waals surface area (Å²) in [5, 5.41) is 3.39. The molecule has 0 saturated heterocycles. The first kappa shape index (κ1) is 16.4. The molecule has 0 spiro atoms. The normalized spacial score (nSPS) is 14.6. The zero-order valence-electron chi connectivity index (χ0n) is 12.0. The van der Waals surface area contributed by atoms with Gasteiger partial charge in [0.2, 0.25) is 0 Å². The molecule has 17 heavy (non-hydrogen) atoms. The molecule has 0 aromatic heterocycles. The van der Waals surface area contributed by atoms with Crippen molar-refractivity contribution in [2.75, 3.05) is 0 Å². The van der Waals surface area contributed by atoms with Crippen LogP contribution in [0.25, 0.3) is 0 Å².